The Kier molecular flexibility index (Phi) is 14.4. The summed E-state index contributed by atoms with van der Waals surface area (Å²) in [5, 5.41) is 146. The molecular weight excluding hydrogens is 728 g/mol. The van der Waals surface area contributed by atoms with Crippen molar-refractivity contribution in [1.29, 1.82) is 0 Å². The Morgan fingerprint density at radius 1 is 0.377 bits per heavy atom. The molecule has 5 rings (SSSR count). The number of rotatable bonds is 10. The van der Waals surface area contributed by atoms with Crippen LogP contribution in [0.4, 0.5) is 0 Å². The SMILES string of the molecule is C[C@@H]1O[C@@H](O[C@H]2[C@H](O[C@@H]3[C@@H](O)[C@H](O)[C@@H](CO[C@@H]4O[C@@H](C)[C@H](O[C@@H]5O[C@H](C)[C@@H](O)[C@H](O)[C@H]5O)[C@@H](O)[C@H]4O)O[C@H]3O)O[C@H](CO)[C@@H](O)[C@@H]2O)[C@H](O)[C@H](O)[C@H]1O. The summed E-state index contributed by atoms with van der Waals surface area (Å²) < 4.78 is 49.7. The van der Waals surface area contributed by atoms with Gasteiger partial charge in [-0.3, -0.25) is 0 Å². The van der Waals surface area contributed by atoms with E-state index in [0.29, 0.717) is 0 Å². The fraction of sp³-hybridized carbons (Fsp3) is 1.00. The Bertz CT molecular complexity index is 1160. The van der Waals surface area contributed by atoms with Crippen molar-refractivity contribution in [2.75, 3.05) is 13.2 Å². The summed E-state index contributed by atoms with van der Waals surface area (Å²) in [6.45, 7) is 2.70. The van der Waals surface area contributed by atoms with Crippen LogP contribution >= 0.6 is 0 Å². The minimum absolute atomic E-state index is 0.660. The lowest BCUT2D eigenvalue weighted by Gasteiger charge is -2.48. The van der Waals surface area contributed by atoms with Crippen LogP contribution in [0.15, 0.2) is 0 Å². The standard InChI is InChI=1S/C30H52O23/c1-6-11(32)15(36)20(41)28(46-6)51-23-8(3)48-27(22(43)19(23)40)45-5-10-14(35)17(38)24(26(44)49-10)52-30-25(18(39)13(34)9(4-31)50-30)53-29-21(42)16(37)12(33)7(2)47-29/h6-44H,4-5H2,1-3H3/t6-,7+,8+,9-,10-,11-,12+,13-,14-,15+,16-,17+,18+,19+,20-,21-,22-,23+,24-,25-,26-,27-,28+,29+,30+/m1/s1. The summed E-state index contributed by atoms with van der Waals surface area (Å²) in [5.74, 6) is 0. The van der Waals surface area contributed by atoms with Gasteiger partial charge in [0.25, 0.3) is 0 Å². The molecule has 25 atom stereocenters. The average molecular weight is 781 g/mol. The first-order chi connectivity index (χ1) is 24.9. The van der Waals surface area contributed by atoms with E-state index in [0.717, 1.165) is 0 Å². The van der Waals surface area contributed by atoms with Crippen molar-refractivity contribution in [3.63, 3.8) is 0 Å². The normalized spacial score (nSPS) is 55.5. The molecule has 0 aromatic rings. The molecule has 0 amide bonds. The predicted octanol–water partition coefficient (Wildman–Crippen LogP) is -8.84. The van der Waals surface area contributed by atoms with Gasteiger partial charge in [0.1, 0.15) is 104 Å². The molecule has 0 aromatic carbocycles. The zero-order valence-electron chi connectivity index (χ0n) is 28.8. The number of aliphatic hydroxyl groups excluding tert-OH is 14. The van der Waals surface area contributed by atoms with Gasteiger partial charge in [0.2, 0.25) is 0 Å². The van der Waals surface area contributed by atoms with Crippen LogP contribution in [-0.4, -0.2) is 238 Å². The molecule has 0 unspecified atom stereocenters. The highest BCUT2D eigenvalue weighted by molar-refractivity contribution is 4.97. The highest BCUT2D eigenvalue weighted by atomic mass is 16.8. The number of ether oxygens (including phenoxy) is 9. The third-order valence-electron chi connectivity index (χ3n) is 10.2. The molecule has 0 aliphatic carbocycles. The Morgan fingerprint density at radius 2 is 0.811 bits per heavy atom. The molecule has 0 saturated carbocycles. The Labute approximate surface area is 301 Å². The number of aliphatic hydroxyl groups is 14. The van der Waals surface area contributed by atoms with Crippen LogP contribution in [0.2, 0.25) is 0 Å². The quantitative estimate of drug-likeness (QED) is 0.0978. The monoisotopic (exact) mass is 780 g/mol. The molecule has 5 heterocycles. The van der Waals surface area contributed by atoms with E-state index < -0.39 is 167 Å². The van der Waals surface area contributed by atoms with Gasteiger partial charge in [-0.25, -0.2) is 0 Å². The zero-order valence-corrected chi connectivity index (χ0v) is 28.8. The van der Waals surface area contributed by atoms with Crippen molar-refractivity contribution in [2.45, 2.75) is 174 Å². The van der Waals surface area contributed by atoms with Gasteiger partial charge in [0.15, 0.2) is 31.5 Å². The third-order valence-corrected chi connectivity index (χ3v) is 10.2. The molecule has 23 nitrogen and oxygen atoms in total. The minimum atomic E-state index is -2.06. The summed E-state index contributed by atoms with van der Waals surface area (Å²) in [6.07, 6.45) is -40.7. The van der Waals surface area contributed by atoms with Gasteiger partial charge in [-0.1, -0.05) is 0 Å². The third kappa shape index (κ3) is 8.82. The fourth-order valence-electron chi connectivity index (χ4n) is 6.75. The van der Waals surface area contributed by atoms with E-state index in [9.17, 15) is 71.5 Å². The van der Waals surface area contributed by atoms with Crippen molar-refractivity contribution in [3.8, 4) is 0 Å². The van der Waals surface area contributed by atoms with Gasteiger partial charge in [0.05, 0.1) is 31.5 Å². The number of hydrogen-bond donors (Lipinski definition) is 14. The lowest BCUT2D eigenvalue weighted by atomic mass is 9.96. The highest BCUT2D eigenvalue weighted by Crippen LogP contribution is 2.34. The molecule has 0 spiro atoms. The van der Waals surface area contributed by atoms with E-state index in [-0.39, 0.29) is 0 Å². The van der Waals surface area contributed by atoms with Crippen molar-refractivity contribution >= 4 is 0 Å². The molecule has 5 saturated heterocycles. The van der Waals surface area contributed by atoms with Crippen LogP contribution in [-0.2, 0) is 42.6 Å². The van der Waals surface area contributed by atoms with Gasteiger partial charge in [-0.05, 0) is 20.8 Å². The molecule has 53 heavy (non-hydrogen) atoms. The van der Waals surface area contributed by atoms with Gasteiger partial charge >= 0.3 is 0 Å². The lowest BCUT2D eigenvalue weighted by molar-refractivity contribution is -0.391. The maximum absolute atomic E-state index is 11.0. The molecule has 0 bridgehead atoms. The number of hydrogen-bond acceptors (Lipinski definition) is 23. The van der Waals surface area contributed by atoms with Crippen LogP contribution in [0.3, 0.4) is 0 Å². The van der Waals surface area contributed by atoms with E-state index in [2.05, 4.69) is 0 Å². The minimum Gasteiger partial charge on any atom is -0.394 e. The van der Waals surface area contributed by atoms with Crippen molar-refractivity contribution < 1.29 is 114 Å². The van der Waals surface area contributed by atoms with Crippen LogP contribution in [0.1, 0.15) is 20.8 Å². The molecule has 5 aliphatic rings. The smallest absolute Gasteiger partial charge is 0.187 e. The Balaban J connectivity index is 1.19. The molecule has 0 aromatic heterocycles. The van der Waals surface area contributed by atoms with Crippen LogP contribution in [0.5, 0.6) is 0 Å². The second kappa shape index (κ2) is 17.7. The van der Waals surface area contributed by atoms with Gasteiger partial charge in [-0.2, -0.15) is 0 Å². The molecule has 310 valence electrons. The molecular formula is C30H52O23. The first kappa shape index (κ1) is 43.2. The van der Waals surface area contributed by atoms with Crippen molar-refractivity contribution in [2.24, 2.45) is 0 Å². The summed E-state index contributed by atoms with van der Waals surface area (Å²) in [5.41, 5.74) is 0. The second-order valence-corrected chi connectivity index (χ2v) is 13.9. The first-order valence-electron chi connectivity index (χ1n) is 17.2. The summed E-state index contributed by atoms with van der Waals surface area (Å²) in [7, 11) is 0. The van der Waals surface area contributed by atoms with Crippen LogP contribution < -0.4 is 0 Å². The molecule has 23 heteroatoms. The van der Waals surface area contributed by atoms with E-state index in [1.165, 1.54) is 20.8 Å². The predicted molar refractivity (Wildman–Crippen MR) is 162 cm³/mol. The average Bonchev–Trinajstić information content (AvgIpc) is 3.12. The van der Waals surface area contributed by atoms with Gasteiger partial charge in [-0.15, -0.1) is 0 Å². The van der Waals surface area contributed by atoms with Crippen molar-refractivity contribution in [1.82, 2.24) is 0 Å². The zero-order chi connectivity index (χ0) is 39.2. The van der Waals surface area contributed by atoms with Crippen molar-refractivity contribution in [3.05, 3.63) is 0 Å². The lowest BCUT2D eigenvalue weighted by Crippen LogP contribution is -2.66. The van der Waals surface area contributed by atoms with Crippen LogP contribution in [0, 0.1) is 0 Å². The molecule has 14 N–H and O–H groups in total. The van der Waals surface area contributed by atoms with Gasteiger partial charge < -0.3 is 114 Å². The second-order valence-electron chi connectivity index (χ2n) is 13.9. The van der Waals surface area contributed by atoms with E-state index in [1.807, 2.05) is 0 Å². The largest absolute Gasteiger partial charge is 0.394 e. The summed E-state index contributed by atoms with van der Waals surface area (Å²) >= 11 is 0. The van der Waals surface area contributed by atoms with Gasteiger partial charge in [0, 0.05) is 0 Å². The van der Waals surface area contributed by atoms with E-state index in [1.54, 1.807) is 0 Å². The summed E-state index contributed by atoms with van der Waals surface area (Å²) in [6, 6.07) is 0. The Hall–Kier alpha value is -0.920. The Morgan fingerprint density at radius 3 is 1.36 bits per heavy atom. The molecule has 0 radical (unpaired) electrons. The first-order valence-corrected chi connectivity index (χ1v) is 17.2. The van der Waals surface area contributed by atoms with E-state index in [4.69, 9.17) is 42.6 Å². The maximum atomic E-state index is 11.0. The summed E-state index contributed by atoms with van der Waals surface area (Å²) in [4.78, 5) is 0. The van der Waals surface area contributed by atoms with E-state index >= 15 is 0 Å². The van der Waals surface area contributed by atoms with Crippen LogP contribution in [0.25, 0.3) is 0 Å². The molecule has 5 aliphatic heterocycles. The maximum Gasteiger partial charge on any atom is 0.187 e. The fourth-order valence-corrected chi connectivity index (χ4v) is 6.75. The topological polar surface area (TPSA) is 366 Å². The highest BCUT2D eigenvalue weighted by Gasteiger charge is 2.54. The molecule has 5 fully saturated rings.